The van der Waals surface area contributed by atoms with Gasteiger partial charge in [-0.1, -0.05) is 55.5 Å². The van der Waals surface area contributed by atoms with Gasteiger partial charge in [-0.25, -0.2) is 0 Å². The van der Waals surface area contributed by atoms with Gasteiger partial charge in [0.15, 0.2) is 0 Å². The summed E-state index contributed by atoms with van der Waals surface area (Å²) in [6, 6.07) is 10.8. The van der Waals surface area contributed by atoms with Crippen molar-refractivity contribution in [1.82, 2.24) is 10.2 Å². The smallest absolute Gasteiger partial charge is 0.206 e. The van der Waals surface area contributed by atoms with Crippen LogP contribution in [0.25, 0.3) is 0 Å². The maximum atomic E-state index is 4.16. The molecule has 0 saturated carbocycles. The number of aryl methyl sites for hydroxylation is 1. The van der Waals surface area contributed by atoms with Crippen molar-refractivity contribution in [3.63, 3.8) is 0 Å². The van der Waals surface area contributed by atoms with E-state index in [4.69, 9.17) is 0 Å². The monoisotopic (exact) mass is 247 g/mol. The highest BCUT2D eigenvalue weighted by Gasteiger charge is 2.11. The molecule has 0 aliphatic carbocycles. The minimum Gasteiger partial charge on any atom is -0.353 e. The normalized spacial score (nSPS) is 12.4. The Balaban J connectivity index is 2.10. The van der Waals surface area contributed by atoms with Crippen LogP contribution in [-0.2, 0) is 6.42 Å². The van der Waals surface area contributed by atoms with E-state index in [2.05, 4.69) is 53.6 Å². The number of hydrogen-bond acceptors (Lipinski definition) is 4. The minimum atomic E-state index is 0.314. The quantitative estimate of drug-likeness (QED) is 0.876. The zero-order chi connectivity index (χ0) is 12.1. The van der Waals surface area contributed by atoms with Crippen LogP contribution in [0.5, 0.6) is 0 Å². The first-order chi connectivity index (χ1) is 8.33. The molecule has 3 nitrogen and oxygen atoms in total. The Bertz CT molecular complexity index is 453. The molecular weight excluding hydrogens is 230 g/mol. The summed E-state index contributed by atoms with van der Waals surface area (Å²) < 4.78 is 0. The topological polar surface area (TPSA) is 37.8 Å². The van der Waals surface area contributed by atoms with Gasteiger partial charge >= 0.3 is 0 Å². The summed E-state index contributed by atoms with van der Waals surface area (Å²) in [7, 11) is 0. The first-order valence-corrected chi connectivity index (χ1v) is 6.79. The third-order valence-electron chi connectivity index (χ3n) is 2.68. The van der Waals surface area contributed by atoms with Crippen LogP contribution < -0.4 is 5.32 Å². The molecule has 0 aliphatic heterocycles. The van der Waals surface area contributed by atoms with Crippen molar-refractivity contribution < 1.29 is 0 Å². The summed E-state index contributed by atoms with van der Waals surface area (Å²) in [6.45, 7) is 4.27. The Kier molecular flexibility index (Phi) is 4.09. The largest absolute Gasteiger partial charge is 0.353 e. The molecule has 0 amide bonds. The molecule has 0 saturated heterocycles. The fourth-order valence-electron chi connectivity index (χ4n) is 1.71. The summed E-state index contributed by atoms with van der Waals surface area (Å²) in [4.78, 5) is 0. The number of anilines is 1. The van der Waals surface area contributed by atoms with E-state index in [9.17, 15) is 0 Å². The zero-order valence-corrected chi connectivity index (χ0v) is 11.0. The lowest BCUT2D eigenvalue weighted by Gasteiger charge is -2.15. The predicted molar refractivity (Wildman–Crippen MR) is 72.4 cm³/mol. The van der Waals surface area contributed by atoms with Crippen LogP contribution in [0.15, 0.2) is 30.3 Å². The van der Waals surface area contributed by atoms with Gasteiger partial charge in [0.05, 0.1) is 6.04 Å². The molecule has 0 aliphatic rings. The number of nitrogens with zero attached hydrogens (tertiary/aromatic N) is 2. The molecule has 2 aromatic rings. The molecule has 2 rings (SSSR count). The van der Waals surface area contributed by atoms with E-state index in [1.54, 1.807) is 11.3 Å². The van der Waals surface area contributed by atoms with Crippen molar-refractivity contribution in [3.05, 3.63) is 40.9 Å². The average molecular weight is 247 g/mol. The average Bonchev–Trinajstić information content (AvgIpc) is 2.84. The van der Waals surface area contributed by atoms with Crippen molar-refractivity contribution in [1.29, 1.82) is 0 Å². The number of hydrogen-bond donors (Lipinski definition) is 1. The molecule has 0 fully saturated rings. The first kappa shape index (κ1) is 12.0. The molecule has 1 unspecified atom stereocenters. The molecule has 0 spiro atoms. The Morgan fingerprint density at radius 2 is 1.94 bits per heavy atom. The highest BCUT2D eigenvalue weighted by atomic mass is 32.1. The summed E-state index contributed by atoms with van der Waals surface area (Å²) in [5.74, 6) is 0. The summed E-state index contributed by atoms with van der Waals surface area (Å²) >= 11 is 1.64. The van der Waals surface area contributed by atoms with Gasteiger partial charge in [-0.05, 0) is 18.4 Å². The van der Waals surface area contributed by atoms with Crippen LogP contribution in [0, 0.1) is 0 Å². The lowest BCUT2D eigenvalue weighted by atomic mass is 10.1. The molecule has 1 atom stereocenters. The third-order valence-corrected chi connectivity index (χ3v) is 3.68. The van der Waals surface area contributed by atoms with Gasteiger partial charge in [0.2, 0.25) is 5.13 Å². The Hall–Kier alpha value is -1.42. The standard InChI is InChI=1S/C13H17N3S/c1-3-11(10-8-6-5-7-9-10)14-13-16-15-12(4-2)17-13/h5-9,11H,3-4H2,1-2H3,(H,14,16). The Labute approximate surface area is 106 Å². The van der Waals surface area contributed by atoms with Gasteiger partial charge in [0, 0.05) is 0 Å². The van der Waals surface area contributed by atoms with Gasteiger partial charge < -0.3 is 5.32 Å². The SMILES string of the molecule is CCc1nnc(NC(CC)c2ccccc2)s1. The summed E-state index contributed by atoms with van der Waals surface area (Å²) in [5.41, 5.74) is 1.29. The van der Waals surface area contributed by atoms with Crippen molar-refractivity contribution in [2.24, 2.45) is 0 Å². The van der Waals surface area contributed by atoms with E-state index in [0.717, 1.165) is 23.0 Å². The van der Waals surface area contributed by atoms with Crippen molar-refractivity contribution in [2.45, 2.75) is 32.7 Å². The summed E-state index contributed by atoms with van der Waals surface area (Å²) in [6.07, 6.45) is 1.98. The zero-order valence-electron chi connectivity index (χ0n) is 10.2. The van der Waals surface area contributed by atoms with E-state index in [1.807, 2.05) is 6.07 Å². The molecule has 1 heterocycles. The second kappa shape index (κ2) is 5.77. The molecule has 1 aromatic carbocycles. The number of benzene rings is 1. The maximum Gasteiger partial charge on any atom is 0.206 e. The molecule has 17 heavy (non-hydrogen) atoms. The van der Waals surface area contributed by atoms with Crippen LogP contribution in [0.4, 0.5) is 5.13 Å². The molecule has 1 N–H and O–H groups in total. The summed E-state index contributed by atoms with van der Waals surface area (Å²) in [5, 5.41) is 13.7. The van der Waals surface area contributed by atoms with E-state index in [-0.39, 0.29) is 0 Å². The number of aromatic nitrogens is 2. The fraction of sp³-hybridized carbons (Fsp3) is 0.385. The third kappa shape index (κ3) is 3.03. The minimum absolute atomic E-state index is 0.314. The molecular formula is C13H17N3S. The van der Waals surface area contributed by atoms with E-state index in [0.29, 0.717) is 6.04 Å². The van der Waals surface area contributed by atoms with Crippen molar-refractivity contribution >= 4 is 16.5 Å². The Morgan fingerprint density at radius 3 is 2.53 bits per heavy atom. The lowest BCUT2D eigenvalue weighted by Crippen LogP contribution is -2.09. The van der Waals surface area contributed by atoms with Gasteiger partial charge in [-0.3, -0.25) is 0 Å². The van der Waals surface area contributed by atoms with Crippen LogP contribution in [-0.4, -0.2) is 10.2 Å². The predicted octanol–water partition coefficient (Wildman–Crippen LogP) is 3.66. The van der Waals surface area contributed by atoms with Crippen LogP contribution in [0.1, 0.15) is 36.9 Å². The second-order valence-corrected chi connectivity index (χ2v) is 4.93. The lowest BCUT2D eigenvalue weighted by molar-refractivity contribution is 0.745. The number of rotatable bonds is 5. The second-order valence-electron chi connectivity index (χ2n) is 3.87. The van der Waals surface area contributed by atoms with E-state index >= 15 is 0 Å². The van der Waals surface area contributed by atoms with Crippen molar-refractivity contribution in [3.8, 4) is 0 Å². The Morgan fingerprint density at radius 1 is 1.18 bits per heavy atom. The first-order valence-electron chi connectivity index (χ1n) is 5.97. The number of nitrogens with one attached hydrogen (secondary N) is 1. The molecule has 1 aromatic heterocycles. The van der Waals surface area contributed by atoms with Gasteiger partial charge in [-0.2, -0.15) is 0 Å². The molecule has 0 bridgehead atoms. The fourth-order valence-corrected chi connectivity index (χ4v) is 2.44. The van der Waals surface area contributed by atoms with Gasteiger partial charge in [-0.15, -0.1) is 10.2 Å². The van der Waals surface area contributed by atoms with Crippen molar-refractivity contribution in [2.75, 3.05) is 5.32 Å². The van der Waals surface area contributed by atoms with E-state index < -0.39 is 0 Å². The molecule has 0 radical (unpaired) electrons. The van der Waals surface area contributed by atoms with Gasteiger partial charge in [0.25, 0.3) is 0 Å². The maximum absolute atomic E-state index is 4.16. The van der Waals surface area contributed by atoms with Crippen LogP contribution in [0.3, 0.4) is 0 Å². The molecule has 90 valence electrons. The van der Waals surface area contributed by atoms with Gasteiger partial charge in [0.1, 0.15) is 5.01 Å². The van der Waals surface area contributed by atoms with E-state index in [1.165, 1.54) is 5.56 Å². The molecule has 4 heteroatoms. The van der Waals surface area contributed by atoms with Crippen LogP contribution >= 0.6 is 11.3 Å². The highest BCUT2D eigenvalue weighted by molar-refractivity contribution is 7.15. The van der Waals surface area contributed by atoms with Crippen LogP contribution in [0.2, 0.25) is 0 Å². The highest BCUT2D eigenvalue weighted by Crippen LogP contribution is 2.24.